The van der Waals surface area contributed by atoms with Crippen LogP contribution in [0.15, 0.2) is 16.8 Å². The number of nitrogens with zero attached hydrogens (tertiary/aromatic N) is 2. The summed E-state index contributed by atoms with van der Waals surface area (Å²) in [7, 11) is 0. The second kappa shape index (κ2) is 5.05. The summed E-state index contributed by atoms with van der Waals surface area (Å²) in [6.07, 6.45) is 0.689. The average molecular weight is 255 g/mol. The van der Waals surface area contributed by atoms with Crippen molar-refractivity contribution in [2.45, 2.75) is 25.1 Å². The van der Waals surface area contributed by atoms with Gasteiger partial charge in [0.15, 0.2) is 5.76 Å². The van der Waals surface area contributed by atoms with Crippen molar-refractivity contribution in [2.24, 2.45) is 0 Å². The molecule has 1 aromatic heterocycles. The van der Waals surface area contributed by atoms with Crippen LogP contribution in [0, 0.1) is 0 Å². The summed E-state index contributed by atoms with van der Waals surface area (Å²) in [5, 5.41) is 24.3. The number of hydrogen-bond acceptors (Lipinski definition) is 5. The summed E-state index contributed by atoms with van der Waals surface area (Å²) >= 11 is 0. The third-order valence-corrected chi connectivity index (χ3v) is 2.73. The normalized spacial score (nSPS) is 23.1. The highest BCUT2D eigenvalue weighted by Crippen LogP contribution is 2.18. The predicted octanol–water partition coefficient (Wildman–Crippen LogP) is -0.596. The van der Waals surface area contributed by atoms with Crippen molar-refractivity contribution in [3.05, 3.63) is 18.0 Å². The Bertz CT molecular complexity index is 433. The highest BCUT2D eigenvalue weighted by molar-refractivity contribution is 5.83. The smallest absolute Gasteiger partial charge is 0.326 e. The van der Waals surface area contributed by atoms with Crippen LogP contribution in [0.2, 0.25) is 0 Å². The molecule has 8 heteroatoms. The quantitative estimate of drug-likeness (QED) is 0.664. The Morgan fingerprint density at radius 1 is 1.61 bits per heavy atom. The summed E-state index contributed by atoms with van der Waals surface area (Å²) in [6.45, 7) is 0.136. The van der Waals surface area contributed by atoms with Crippen LogP contribution in [0.1, 0.15) is 12.2 Å². The molecule has 1 aromatic rings. The fourth-order valence-corrected chi connectivity index (χ4v) is 1.87. The van der Waals surface area contributed by atoms with E-state index in [1.54, 1.807) is 6.07 Å². The van der Waals surface area contributed by atoms with Gasteiger partial charge in [-0.05, 0) is 0 Å². The standard InChI is InChI=1S/C10H13N3O5/c14-6-3-8(9(15)16)13(5-6)10(17)11-4-7-1-2-12-18-7/h1-2,6,8,14H,3-5H2,(H,11,17)(H,15,16)/t6-,8-/m0/s1. The maximum Gasteiger partial charge on any atom is 0.326 e. The van der Waals surface area contributed by atoms with Crippen molar-refractivity contribution in [3.63, 3.8) is 0 Å². The lowest BCUT2D eigenvalue weighted by atomic mass is 10.2. The minimum absolute atomic E-state index is 0.0131. The molecule has 0 aromatic carbocycles. The first-order chi connectivity index (χ1) is 8.58. The molecule has 0 aliphatic carbocycles. The third-order valence-electron chi connectivity index (χ3n) is 2.73. The fraction of sp³-hybridized carbons (Fsp3) is 0.500. The minimum Gasteiger partial charge on any atom is -0.480 e. The Balaban J connectivity index is 1.93. The van der Waals surface area contributed by atoms with Gasteiger partial charge in [0.1, 0.15) is 6.04 Å². The molecular formula is C10H13N3O5. The van der Waals surface area contributed by atoms with Crippen molar-refractivity contribution in [3.8, 4) is 0 Å². The third kappa shape index (κ3) is 2.59. The first-order valence-corrected chi connectivity index (χ1v) is 5.43. The zero-order valence-corrected chi connectivity index (χ0v) is 9.44. The minimum atomic E-state index is -1.12. The number of urea groups is 1. The molecule has 2 heterocycles. The second-order valence-corrected chi connectivity index (χ2v) is 4.03. The molecule has 1 fully saturated rings. The van der Waals surface area contributed by atoms with E-state index < -0.39 is 24.1 Å². The topological polar surface area (TPSA) is 116 Å². The maximum atomic E-state index is 11.8. The number of carboxylic acids is 1. The molecule has 2 atom stereocenters. The average Bonchev–Trinajstić information content (AvgIpc) is 2.94. The number of carbonyl (C=O) groups is 2. The molecule has 1 aliphatic heterocycles. The van der Waals surface area contributed by atoms with Gasteiger partial charge in [-0.3, -0.25) is 0 Å². The van der Waals surface area contributed by atoms with Gasteiger partial charge in [0.2, 0.25) is 0 Å². The molecule has 2 rings (SSSR count). The first kappa shape index (κ1) is 12.4. The van der Waals surface area contributed by atoms with E-state index in [4.69, 9.17) is 9.63 Å². The lowest BCUT2D eigenvalue weighted by Gasteiger charge is -2.21. The van der Waals surface area contributed by atoms with Crippen molar-refractivity contribution in [1.29, 1.82) is 0 Å². The van der Waals surface area contributed by atoms with Crippen LogP contribution in [-0.4, -0.2) is 51.0 Å². The number of nitrogens with one attached hydrogen (secondary N) is 1. The van der Waals surface area contributed by atoms with Crippen LogP contribution >= 0.6 is 0 Å². The van der Waals surface area contributed by atoms with Crippen molar-refractivity contribution in [1.82, 2.24) is 15.4 Å². The van der Waals surface area contributed by atoms with E-state index in [0.717, 1.165) is 4.90 Å². The zero-order valence-electron chi connectivity index (χ0n) is 9.44. The molecule has 0 radical (unpaired) electrons. The first-order valence-electron chi connectivity index (χ1n) is 5.43. The molecule has 1 saturated heterocycles. The summed E-state index contributed by atoms with van der Waals surface area (Å²) in [4.78, 5) is 23.8. The lowest BCUT2D eigenvalue weighted by Crippen LogP contribution is -2.45. The van der Waals surface area contributed by atoms with Gasteiger partial charge in [0.05, 0.1) is 18.8 Å². The van der Waals surface area contributed by atoms with Gasteiger partial charge < -0.3 is 25.0 Å². The number of aliphatic hydroxyl groups is 1. The summed E-state index contributed by atoms with van der Waals surface area (Å²) in [6, 6.07) is 0.0541. The summed E-state index contributed by atoms with van der Waals surface area (Å²) in [5.74, 6) is -0.656. The number of carbonyl (C=O) groups excluding carboxylic acids is 1. The molecule has 0 saturated carbocycles. The molecule has 8 nitrogen and oxygen atoms in total. The molecule has 0 bridgehead atoms. The molecule has 1 aliphatic rings. The van der Waals surface area contributed by atoms with Crippen LogP contribution in [0.25, 0.3) is 0 Å². The second-order valence-electron chi connectivity index (χ2n) is 4.03. The van der Waals surface area contributed by atoms with Crippen LogP contribution in [0.5, 0.6) is 0 Å². The highest BCUT2D eigenvalue weighted by atomic mass is 16.5. The van der Waals surface area contributed by atoms with Crippen LogP contribution in [-0.2, 0) is 11.3 Å². The van der Waals surface area contributed by atoms with E-state index in [1.165, 1.54) is 6.20 Å². The van der Waals surface area contributed by atoms with Gasteiger partial charge in [-0.2, -0.15) is 0 Å². The van der Waals surface area contributed by atoms with E-state index in [-0.39, 0.29) is 19.5 Å². The van der Waals surface area contributed by atoms with Crippen molar-refractivity contribution < 1.29 is 24.3 Å². The van der Waals surface area contributed by atoms with E-state index in [0.29, 0.717) is 5.76 Å². The van der Waals surface area contributed by atoms with E-state index in [9.17, 15) is 14.7 Å². The fourth-order valence-electron chi connectivity index (χ4n) is 1.87. The molecule has 18 heavy (non-hydrogen) atoms. The van der Waals surface area contributed by atoms with Gasteiger partial charge in [-0.25, -0.2) is 9.59 Å². The Labute approximate surface area is 102 Å². The molecule has 0 spiro atoms. The number of likely N-dealkylation sites (tertiary alicyclic amines) is 1. The van der Waals surface area contributed by atoms with Gasteiger partial charge >= 0.3 is 12.0 Å². The van der Waals surface area contributed by atoms with Crippen molar-refractivity contribution in [2.75, 3.05) is 6.54 Å². The number of hydrogen-bond donors (Lipinski definition) is 3. The number of aliphatic carboxylic acids is 1. The van der Waals surface area contributed by atoms with Crippen LogP contribution in [0.3, 0.4) is 0 Å². The SMILES string of the molecule is O=C(O)[C@@H]1C[C@H](O)CN1C(=O)NCc1ccno1. The van der Waals surface area contributed by atoms with Crippen LogP contribution in [0.4, 0.5) is 4.79 Å². The summed E-state index contributed by atoms with van der Waals surface area (Å²) in [5.41, 5.74) is 0. The Morgan fingerprint density at radius 3 is 3.00 bits per heavy atom. The van der Waals surface area contributed by atoms with Gasteiger partial charge in [0.25, 0.3) is 0 Å². The largest absolute Gasteiger partial charge is 0.480 e. The van der Waals surface area contributed by atoms with Crippen molar-refractivity contribution >= 4 is 12.0 Å². The van der Waals surface area contributed by atoms with E-state index >= 15 is 0 Å². The Morgan fingerprint density at radius 2 is 2.39 bits per heavy atom. The molecule has 2 amide bonds. The molecule has 0 unspecified atom stereocenters. The molecule has 3 N–H and O–H groups in total. The van der Waals surface area contributed by atoms with E-state index in [1.807, 2.05) is 0 Å². The number of amides is 2. The number of carboxylic acid groups (broad SMARTS) is 1. The predicted molar refractivity (Wildman–Crippen MR) is 57.5 cm³/mol. The van der Waals surface area contributed by atoms with Crippen LogP contribution < -0.4 is 5.32 Å². The number of aromatic nitrogens is 1. The van der Waals surface area contributed by atoms with Gasteiger partial charge in [0, 0.05) is 19.0 Å². The lowest BCUT2D eigenvalue weighted by molar-refractivity contribution is -0.141. The Kier molecular flexibility index (Phi) is 3.47. The Hall–Kier alpha value is -2.09. The number of aliphatic hydroxyl groups excluding tert-OH is 1. The maximum absolute atomic E-state index is 11.8. The monoisotopic (exact) mass is 255 g/mol. The van der Waals surface area contributed by atoms with Gasteiger partial charge in [-0.15, -0.1) is 0 Å². The summed E-state index contributed by atoms with van der Waals surface area (Å²) < 4.78 is 4.79. The number of β-amino-alcohol motifs (C(OH)–C–C–N with tert-alkyl or cyclic N) is 1. The molecule has 98 valence electrons. The highest BCUT2D eigenvalue weighted by Gasteiger charge is 2.38. The van der Waals surface area contributed by atoms with Gasteiger partial charge in [-0.1, -0.05) is 5.16 Å². The number of rotatable bonds is 3. The molecular weight excluding hydrogens is 242 g/mol. The van der Waals surface area contributed by atoms with E-state index in [2.05, 4.69) is 10.5 Å². The zero-order chi connectivity index (χ0) is 13.1.